The molecular weight excluding hydrogens is 338 g/mol. The van der Waals surface area contributed by atoms with Gasteiger partial charge in [-0.3, -0.25) is 9.59 Å². The van der Waals surface area contributed by atoms with Gasteiger partial charge in [-0.25, -0.2) is 0 Å². The summed E-state index contributed by atoms with van der Waals surface area (Å²) in [4.78, 5) is 24.0. The summed E-state index contributed by atoms with van der Waals surface area (Å²) in [5.74, 6) is -0.148. The van der Waals surface area contributed by atoms with E-state index in [2.05, 4.69) is 10.6 Å². The number of aromatic nitrogens is 1. The topological polar surface area (TPSA) is 63.1 Å². The van der Waals surface area contributed by atoms with Crippen molar-refractivity contribution in [1.29, 1.82) is 0 Å². The van der Waals surface area contributed by atoms with Crippen molar-refractivity contribution in [3.63, 3.8) is 0 Å². The van der Waals surface area contributed by atoms with Crippen LogP contribution in [0.2, 0.25) is 0 Å². The van der Waals surface area contributed by atoms with E-state index in [1.54, 1.807) is 13.0 Å². The molecule has 3 aromatic rings. The number of amides is 2. The minimum Gasteiger partial charge on any atom is -0.326 e. The van der Waals surface area contributed by atoms with Crippen molar-refractivity contribution >= 4 is 23.2 Å². The van der Waals surface area contributed by atoms with E-state index in [4.69, 9.17) is 0 Å². The van der Waals surface area contributed by atoms with Crippen molar-refractivity contribution in [2.24, 2.45) is 0 Å². The highest BCUT2D eigenvalue weighted by molar-refractivity contribution is 5.95. The second kappa shape index (κ2) is 8.36. The van der Waals surface area contributed by atoms with Crippen molar-refractivity contribution in [3.8, 4) is 5.69 Å². The average molecular weight is 361 g/mol. The number of hydrogen-bond donors (Lipinski definition) is 2. The molecule has 0 saturated carbocycles. The van der Waals surface area contributed by atoms with Gasteiger partial charge in [0.25, 0.3) is 0 Å². The van der Waals surface area contributed by atoms with E-state index in [0.29, 0.717) is 17.8 Å². The molecule has 3 rings (SSSR count). The lowest BCUT2D eigenvalue weighted by molar-refractivity contribution is -0.116. The normalized spacial score (nSPS) is 10.4. The quantitative estimate of drug-likeness (QED) is 0.687. The Morgan fingerprint density at radius 2 is 1.63 bits per heavy atom. The molecule has 27 heavy (non-hydrogen) atoms. The summed E-state index contributed by atoms with van der Waals surface area (Å²) in [6.45, 7) is 3.72. The molecule has 0 radical (unpaired) electrons. The van der Waals surface area contributed by atoms with E-state index in [0.717, 1.165) is 16.8 Å². The molecule has 5 nitrogen and oxygen atoms in total. The lowest BCUT2D eigenvalue weighted by Crippen LogP contribution is -2.16. The molecule has 138 valence electrons. The van der Waals surface area contributed by atoms with Gasteiger partial charge in [-0.2, -0.15) is 0 Å². The Morgan fingerprint density at radius 3 is 2.30 bits per heavy atom. The third-order valence-electron chi connectivity index (χ3n) is 4.32. The number of hydrogen-bond acceptors (Lipinski definition) is 2. The van der Waals surface area contributed by atoms with Crippen LogP contribution < -0.4 is 10.6 Å². The third kappa shape index (κ3) is 4.85. The van der Waals surface area contributed by atoms with Crippen LogP contribution in [-0.4, -0.2) is 16.4 Å². The first kappa shape index (κ1) is 18.5. The summed E-state index contributed by atoms with van der Waals surface area (Å²) in [6, 6.07) is 17.4. The monoisotopic (exact) mass is 361 g/mol. The van der Waals surface area contributed by atoms with Crippen molar-refractivity contribution < 1.29 is 9.59 Å². The molecule has 2 N–H and O–H groups in total. The van der Waals surface area contributed by atoms with Crippen LogP contribution in [0.5, 0.6) is 0 Å². The van der Waals surface area contributed by atoms with Gasteiger partial charge in [0.1, 0.15) is 0 Å². The Labute approximate surface area is 159 Å². The van der Waals surface area contributed by atoms with Gasteiger partial charge >= 0.3 is 0 Å². The van der Waals surface area contributed by atoms with Gasteiger partial charge < -0.3 is 15.2 Å². The molecule has 0 saturated heterocycles. The molecule has 0 unspecified atom stereocenters. The second-order valence-electron chi connectivity index (χ2n) is 6.41. The van der Waals surface area contributed by atoms with E-state index in [1.807, 2.05) is 72.4 Å². The van der Waals surface area contributed by atoms with E-state index >= 15 is 0 Å². The molecule has 2 amide bonds. The highest BCUT2D eigenvalue weighted by Crippen LogP contribution is 2.21. The number of nitrogens with one attached hydrogen (secondary N) is 2. The van der Waals surface area contributed by atoms with Gasteiger partial charge in [0.05, 0.1) is 6.42 Å². The zero-order valence-electron chi connectivity index (χ0n) is 15.5. The van der Waals surface area contributed by atoms with Crippen LogP contribution in [0.25, 0.3) is 5.69 Å². The predicted molar refractivity (Wildman–Crippen MR) is 108 cm³/mol. The first-order valence-electron chi connectivity index (χ1n) is 8.98. The molecule has 0 fully saturated rings. The van der Waals surface area contributed by atoms with Gasteiger partial charge in [-0.15, -0.1) is 0 Å². The minimum absolute atomic E-state index is 0.0566. The van der Waals surface area contributed by atoms with Crippen LogP contribution >= 0.6 is 0 Å². The average Bonchev–Trinajstić information content (AvgIpc) is 3.19. The number of benzene rings is 2. The predicted octanol–water partition coefficient (Wildman–Crippen LogP) is 4.32. The lowest BCUT2D eigenvalue weighted by atomic mass is 10.1. The van der Waals surface area contributed by atoms with E-state index in [-0.39, 0.29) is 18.2 Å². The number of nitrogens with zero attached hydrogens (tertiary/aromatic N) is 1. The van der Waals surface area contributed by atoms with Crippen LogP contribution in [0.15, 0.2) is 67.0 Å². The van der Waals surface area contributed by atoms with Crippen LogP contribution in [0.4, 0.5) is 11.4 Å². The maximum absolute atomic E-state index is 12.4. The van der Waals surface area contributed by atoms with Gasteiger partial charge in [0.15, 0.2) is 0 Å². The van der Waals surface area contributed by atoms with Gasteiger partial charge in [0, 0.05) is 35.9 Å². The molecular formula is C22H23N3O2. The van der Waals surface area contributed by atoms with Gasteiger partial charge in [-0.05, 0) is 54.4 Å². The van der Waals surface area contributed by atoms with E-state index < -0.39 is 0 Å². The van der Waals surface area contributed by atoms with Crippen LogP contribution in [0, 0.1) is 6.92 Å². The number of carbonyl (C=O) groups is 2. The molecule has 0 aliphatic carbocycles. The van der Waals surface area contributed by atoms with Gasteiger partial charge in [-0.1, -0.05) is 25.1 Å². The third-order valence-corrected chi connectivity index (χ3v) is 4.32. The number of anilines is 2. The van der Waals surface area contributed by atoms with Crippen molar-refractivity contribution in [2.75, 3.05) is 10.6 Å². The highest BCUT2D eigenvalue weighted by Gasteiger charge is 2.08. The molecule has 0 bridgehead atoms. The molecule has 1 heterocycles. The van der Waals surface area contributed by atoms with Crippen LogP contribution in [-0.2, 0) is 16.0 Å². The summed E-state index contributed by atoms with van der Waals surface area (Å²) in [5, 5.41) is 5.75. The summed E-state index contributed by atoms with van der Waals surface area (Å²) < 4.78 is 2.02. The van der Waals surface area contributed by atoms with Crippen LogP contribution in [0.1, 0.15) is 24.5 Å². The molecule has 0 atom stereocenters. The number of aryl methyl sites for hydroxylation is 1. The smallest absolute Gasteiger partial charge is 0.228 e. The first-order valence-corrected chi connectivity index (χ1v) is 8.98. The maximum atomic E-state index is 12.4. The Bertz CT molecular complexity index is 929. The Kier molecular flexibility index (Phi) is 5.71. The summed E-state index contributed by atoms with van der Waals surface area (Å²) in [7, 11) is 0. The summed E-state index contributed by atoms with van der Waals surface area (Å²) >= 11 is 0. The Balaban J connectivity index is 1.65. The molecule has 0 aliphatic rings. The molecule has 0 spiro atoms. The van der Waals surface area contributed by atoms with Crippen molar-refractivity contribution in [3.05, 3.63) is 78.1 Å². The van der Waals surface area contributed by atoms with Crippen LogP contribution in [0.3, 0.4) is 0 Å². The fourth-order valence-corrected chi connectivity index (χ4v) is 2.76. The van der Waals surface area contributed by atoms with E-state index in [9.17, 15) is 9.59 Å². The fourth-order valence-electron chi connectivity index (χ4n) is 2.76. The summed E-state index contributed by atoms with van der Waals surface area (Å²) in [6.07, 6.45) is 4.66. The van der Waals surface area contributed by atoms with Gasteiger partial charge in [0.2, 0.25) is 11.8 Å². The van der Waals surface area contributed by atoms with Crippen molar-refractivity contribution in [2.45, 2.75) is 26.7 Å². The standard InChI is InChI=1S/C22H23N3O2/c1-3-21(26)23-18-9-6-16(2)20(15-18)24-22(27)14-17-7-10-19(11-8-17)25-12-4-5-13-25/h4-13,15H,3,14H2,1-2H3,(H,23,26)(H,24,27). The highest BCUT2D eigenvalue weighted by atomic mass is 16.2. The SMILES string of the molecule is CCC(=O)Nc1ccc(C)c(NC(=O)Cc2ccc(-n3cccc3)cc2)c1. The Morgan fingerprint density at radius 1 is 0.926 bits per heavy atom. The molecule has 0 aliphatic heterocycles. The van der Waals surface area contributed by atoms with Crippen molar-refractivity contribution in [1.82, 2.24) is 4.57 Å². The Hall–Kier alpha value is -3.34. The molecule has 1 aromatic heterocycles. The van der Waals surface area contributed by atoms with E-state index in [1.165, 1.54) is 0 Å². The number of carbonyl (C=O) groups excluding carboxylic acids is 2. The largest absolute Gasteiger partial charge is 0.326 e. The second-order valence-corrected chi connectivity index (χ2v) is 6.41. The summed E-state index contributed by atoms with van der Waals surface area (Å²) in [5.41, 5.74) is 4.33. The zero-order valence-corrected chi connectivity index (χ0v) is 15.5. The first-order chi connectivity index (χ1) is 13.0. The number of rotatable bonds is 6. The fraction of sp³-hybridized carbons (Fsp3) is 0.182. The zero-order chi connectivity index (χ0) is 19.2. The maximum Gasteiger partial charge on any atom is 0.228 e. The minimum atomic E-state index is -0.0919. The lowest BCUT2D eigenvalue weighted by Gasteiger charge is -2.12. The molecule has 5 heteroatoms. The molecule has 2 aromatic carbocycles.